The van der Waals surface area contributed by atoms with E-state index in [1.165, 1.54) is 27.4 Å². The lowest BCUT2D eigenvalue weighted by molar-refractivity contribution is 0.113. The van der Waals surface area contributed by atoms with Gasteiger partial charge in [0, 0.05) is 36.2 Å². The predicted molar refractivity (Wildman–Crippen MR) is 194 cm³/mol. The second-order valence-corrected chi connectivity index (χ2v) is 12.5. The van der Waals surface area contributed by atoms with Gasteiger partial charge in [-0.2, -0.15) is 0 Å². The van der Waals surface area contributed by atoms with Crippen molar-refractivity contribution in [3.8, 4) is 46.0 Å². The molecule has 282 valence electrons. The summed E-state index contributed by atoms with van der Waals surface area (Å²) in [6.45, 7) is -0.707. The molecule has 0 amide bonds. The first-order valence-electron chi connectivity index (χ1n) is 17.2. The number of ether oxygens (including phenoxy) is 5. The fourth-order valence-corrected chi connectivity index (χ4v) is 6.20. The molecular weight excluding hydrogens is 672 g/mol. The third-order valence-electron chi connectivity index (χ3n) is 8.98. The van der Waals surface area contributed by atoms with Crippen LogP contribution in [0.5, 0.6) is 46.0 Å². The van der Waals surface area contributed by atoms with Crippen LogP contribution in [0.15, 0.2) is 60.7 Å². The van der Waals surface area contributed by atoms with E-state index < -0.39 is 11.8 Å². The average Bonchev–Trinajstić information content (AvgIpc) is 3.16. The van der Waals surface area contributed by atoms with Crippen LogP contribution in [-0.2, 0) is 25.7 Å². The van der Waals surface area contributed by atoms with E-state index in [1.54, 1.807) is 36.4 Å². The lowest BCUT2D eigenvalue weighted by atomic mass is 9.89. The predicted octanol–water partition coefficient (Wildman–Crippen LogP) is 4.73. The number of hydrogen-bond donors (Lipinski definition) is 7. The molecule has 2 atom stereocenters. The third-order valence-corrected chi connectivity index (χ3v) is 8.98. The monoisotopic (exact) mass is 722 g/mol. The number of aliphatic hydroxyl groups is 4. The zero-order chi connectivity index (χ0) is 37.6. The van der Waals surface area contributed by atoms with Crippen LogP contribution in [0.4, 0.5) is 0 Å². The molecule has 0 aliphatic carbocycles. The number of aromatic hydroxyl groups is 3. The van der Waals surface area contributed by atoms with Gasteiger partial charge in [0.05, 0.1) is 34.5 Å². The van der Waals surface area contributed by atoms with Gasteiger partial charge in [-0.05, 0) is 97.2 Å². The minimum Gasteiger partial charge on any atom is -0.504 e. The van der Waals surface area contributed by atoms with E-state index in [9.17, 15) is 35.7 Å². The maximum atomic E-state index is 10.9. The summed E-state index contributed by atoms with van der Waals surface area (Å²) in [5.74, 6) is 0.371. The summed E-state index contributed by atoms with van der Waals surface area (Å²) in [6, 6.07) is 17.2. The van der Waals surface area contributed by atoms with Crippen molar-refractivity contribution >= 4 is 0 Å². The number of phenols is 3. The Kier molecular flexibility index (Phi) is 15.1. The van der Waals surface area contributed by atoms with E-state index in [4.69, 9.17) is 23.7 Å². The Balaban J connectivity index is 1.45. The van der Waals surface area contributed by atoms with Crippen molar-refractivity contribution in [1.29, 1.82) is 0 Å². The van der Waals surface area contributed by atoms with Gasteiger partial charge >= 0.3 is 0 Å². The molecule has 0 aliphatic heterocycles. The number of aliphatic hydroxyl groups excluding tert-OH is 4. The molecule has 52 heavy (non-hydrogen) atoms. The quantitative estimate of drug-likeness (QED) is 0.0587. The molecule has 0 saturated carbocycles. The molecule has 12 heteroatoms. The molecule has 0 radical (unpaired) electrons. The van der Waals surface area contributed by atoms with Crippen molar-refractivity contribution in [3.63, 3.8) is 0 Å². The highest BCUT2D eigenvalue weighted by molar-refractivity contribution is 5.52. The van der Waals surface area contributed by atoms with Gasteiger partial charge in [0.15, 0.2) is 46.0 Å². The second-order valence-electron chi connectivity index (χ2n) is 12.5. The Morgan fingerprint density at radius 3 is 1.40 bits per heavy atom. The van der Waals surface area contributed by atoms with Crippen molar-refractivity contribution in [1.82, 2.24) is 0 Å². The van der Waals surface area contributed by atoms with Crippen molar-refractivity contribution < 1.29 is 59.4 Å². The maximum absolute atomic E-state index is 10.9. The standard InChI is InChI=1S/C40H50O12/c1-48-36-19-28(15-30(23-44)32-17-26(7-5-13-42)21-38(50-3)40(32)47)9-11-34(36)51-24-52-35-18-27(8-10-33(35)45)14-29(22-43)31-16-25(6-4-12-41)20-37(49-2)39(31)46/h8-11,16-21,29-30,41-47H,4-7,12-15,22-24H2,1-3H3. The molecule has 0 aliphatic rings. The van der Waals surface area contributed by atoms with E-state index in [2.05, 4.69) is 0 Å². The summed E-state index contributed by atoms with van der Waals surface area (Å²) < 4.78 is 28.0. The highest BCUT2D eigenvalue weighted by Crippen LogP contribution is 2.40. The molecule has 0 saturated heterocycles. The zero-order valence-corrected chi connectivity index (χ0v) is 29.9. The van der Waals surface area contributed by atoms with Crippen LogP contribution >= 0.6 is 0 Å². The van der Waals surface area contributed by atoms with Gasteiger partial charge in [0.25, 0.3) is 0 Å². The van der Waals surface area contributed by atoms with Crippen LogP contribution in [-0.4, -0.2) is 90.3 Å². The summed E-state index contributed by atoms with van der Waals surface area (Å²) in [5.41, 5.74) is 4.34. The van der Waals surface area contributed by atoms with E-state index in [0.717, 1.165) is 22.3 Å². The smallest absolute Gasteiger partial charge is 0.231 e. The maximum Gasteiger partial charge on any atom is 0.231 e. The minimum absolute atomic E-state index is 0.0245. The fraction of sp³-hybridized carbons (Fsp3) is 0.400. The van der Waals surface area contributed by atoms with E-state index >= 15 is 0 Å². The number of aryl methyl sites for hydroxylation is 2. The van der Waals surface area contributed by atoms with Crippen LogP contribution < -0.4 is 23.7 Å². The Hall–Kier alpha value is -4.88. The van der Waals surface area contributed by atoms with Crippen LogP contribution in [0.25, 0.3) is 0 Å². The summed E-state index contributed by atoms with van der Waals surface area (Å²) in [4.78, 5) is 0. The van der Waals surface area contributed by atoms with Crippen molar-refractivity contribution in [2.24, 2.45) is 0 Å². The van der Waals surface area contributed by atoms with Crippen LogP contribution in [0.2, 0.25) is 0 Å². The number of benzene rings is 4. The topological polar surface area (TPSA) is 188 Å². The van der Waals surface area contributed by atoms with Gasteiger partial charge in [-0.3, -0.25) is 0 Å². The number of methoxy groups -OCH3 is 3. The van der Waals surface area contributed by atoms with Gasteiger partial charge in [0.2, 0.25) is 6.79 Å². The van der Waals surface area contributed by atoms with E-state index in [0.29, 0.717) is 66.9 Å². The Morgan fingerprint density at radius 2 is 0.942 bits per heavy atom. The third kappa shape index (κ3) is 10.1. The number of rotatable bonds is 21. The molecule has 0 aromatic heterocycles. The summed E-state index contributed by atoms with van der Waals surface area (Å²) in [7, 11) is 4.42. The zero-order valence-electron chi connectivity index (χ0n) is 29.9. The number of hydrogen-bond acceptors (Lipinski definition) is 12. The first-order valence-corrected chi connectivity index (χ1v) is 17.2. The number of phenolic OH excluding ortho intramolecular Hbond substituents is 3. The highest BCUT2D eigenvalue weighted by Gasteiger charge is 2.22. The lowest BCUT2D eigenvalue weighted by Gasteiger charge is -2.20. The average molecular weight is 723 g/mol. The molecule has 0 heterocycles. The van der Waals surface area contributed by atoms with Crippen LogP contribution in [0.3, 0.4) is 0 Å². The molecule has 7 N–H and O–H groups in total. The molecule has 12 nitrogen and oxygen atoms in total. The van der Waals surface area contributed by atoms with Gasteiger partial charge < -0.3 is 59.4 Å². The first-order chi connectivity index (χ1) is 25.2. The molecule has 2 unspecified atom stereocenters. The van der Waals surface area contributed by atoms with Gasteiger partial charge in [-0.25, -0.2) is 0 Å². The molecule has 0 spiro atoms. The Morgan fingerprint density at radius 1 is 0.500 bits per heavy atom. The largest absolute Gasteiger partial charge is 0.504 e. The highest BCUT2D eigenvalue weighted by atomic mass is 16.7. The molecule has 4 aromatic carbocycles. The van der Waals surface area contributed by atoms with E-state index in [-0.39, 0.29) is 62.0 Å². The van der Waals surface area contributed by atoms with Gasteiger partial charge in [-0.15, -0.1) is 0 Å². The molecule has 0 bridgehead atoms. The molecule has 4 rings (SSSR count). The van der Waals surface area contributed by atoms with E-state index in [1.807, 2.05) is 18.2 Å². The SMILES string of the molecule is COc1cc(CC(CO)c2cc(CCCO)cc(OC)c2O)ccc1OCOc1cc(CC(CO)c2cc(CCCO)cc(OC)c2O)ccc1O. The van der Waals surface area contributed by atoms with Gasteiger partial charge in [0.1, 0.15) is 0 Å². The minimum atomic E-state index is -0.494. The molecule has 0 fully saturated rings. The van der Waals surface area contributed by atoms with Crippen LogP contribution in [0.1, 0.15) is 58.1 Å². The summed E-state index contributed by atoms with van der Waals surface area (Å²) >= 11 is 0. The van der Waals surface area contributed by atoms with Gasteiger partial charge in [-0.1, -0.05) is 24.3 Å². The molecular formula is C40H50O12. The lowest BCUT2D eigenvalue weighted by Crippen LogP contribution is -2.11. The fourth-order valence-electron chi connectivity index (χ4n) is 6.20. The first kappa shape index (κ1) is 39.9. The summed E-state index contributed by atoms with van der Waals surface area (Å²) in [6.07, 6.45) is 2.95. The normalized spacial score (nSPS) is 12.3. The second kappa shape index (κ2) is 19.7. The van der Waals surface area contributed by atoms with Crippen molar-refractivity contribution in [2.75, 3.05) is 54.5 Å². The summed E-state index contributed by atoms with van der Waals surface area (Å²) in [5, 5.41) is 71.4. The molecule has 4 aromatic rings. The Labute approximate surface area is 304 Å². The van der Waals surface area contributed by atoms with Crippen molar-refractivity contribution in [3.05, 3.63) is 94.0 Å². The van der Waals surface area contributed by atoms with Crippen molar-refractivity contribution in [2.45, 2.75) is 50.4 Å². The van der Waals surface area contributed by atoms with Crippen LogP contribution in [0, 0.1) is 0 Å². The Bertz CT molecular complexity index is 1740.